The van der Waals surface area contributed by atoms with Gasteiger partial charge in [0.1, 0.15) is 6.54 Å². The SMILES string of the molecule is CC(Cc1c[nH]c2ccccc12)NC(=O)CN1C(=O)NC2CCCCC2C1=O. The van der Waals surface area contributed by atoms with E-state index in [0.717, 1.165) is 47.0 Å². The Labute approximate surface area is 163 Å². The molecule has 2 heterocycles. The number of imide groups is 1. The summed E-state index contributed by atoms with van der Waals surface area (Å²) in [6, 6.07) is 7.39. The minimum atomic E-state index is -0.451. The van der Waals surface area contributed by atoms with Gasteiger partial charge in [-0.1, -0.05) is 31.0 Å². The lowest BCUT2D eigenvalue weighted by molar-refractivity contribution is -0.140. The molecule has 1 saturated carbocycles. The Morgan fingerprint density at radius 2 is 2.04 bits per heavy atom. The van der Waals surface area contributed by atoms with Crippen LogP contribution in [0.15, 0.2) is 30.5 Å². The topological polar surface area (TPSA) is 94.3 Å². The highest BCUT2D eigenvalue weighted by atomic mass is 16.2. The van der Waals surface area contributed by atoms with E-state index in [9.17, 15) is 14.4 Å². The summed E-state index contributed by atoms with van der Waals surface area (Å²) in [6.07, 6.45) is 6.26. The first-order valence-corrected chi connectivity index (χ1v) is 9.99. The number of para-hydroxylation sites is 1. The Kier molecular flexibility index (Phi) is 5.07. The zero-order chi connectivity index (χ0) is 19.7. The molecule has 2 aromatic rings. The molecule has 2 aliphatic rings. The Morgan fingerprint density at radius 1 is 1.25 bits per heavy atom. The molecule has 0 radical (unpaired) electrons. The molecule has 3 atom stereocenters. The van der Waals surface area contributed by atoms with E-state index >= 15 is 0 Å². The van der Waals surface area contributed by atoms with Gasteiger partial charge in [0.25, 0.3) is 0 Å². The van der Waals surface area contributed by atoms with Crippen LogP contribution in [0.5, 0.6) is 0 Å². The number of nitrogens with one attached hydrogen (secondary N) is 3. The number of H-pyrrole nitrogens is 1. The highest BCUT2D eigenvalue weighted by Gasteiger charge is 2.42. The number of fused-ring (bicyclic) bond motifs is 2. The van der Waals surface area contributed by atoms with Crippen LogP contribution in [0.4, 0.5) is 4.79 Å². The van der Waals surface area contributed by atoms with Crippen LogP contribution in [-0.4, -0.2) is 46.4 Å². The highest BCUT2D eigenvalue weighted by molar-refractivity contribution is 6.01. The van der Waals surface area contributed by atoms with Crippen molar-refractivity contribution in [1.82, 2.24) is 20.5 Å². The van der Waals surface area contributed by atoms with E-state index in [1.807, 2.05) is 37.4 Å². The standard InChI is InChI=1S/C21H26N4O3/c1-13(10-14-11-22-17-8-4-2-6-15(14)17)23-19(26)12-25-20(27)16-7-3-5-9-18(16)24-21(25)28/h2,4,6,8,11,13,16,18,22H,3,5,7,9-10,12H2,1H3,(H,23,26)(H,24,28). The molecule has 0 spiro atoms. The molecule has 4 amide bonds. The number of amides is 4. The van der Waals surface area contributed by atoms with Crippen molar-refractivity contribution in [2.75, 3.05) is 6.54 Å². The lowest BCUT2D eigenvalue weighted by Gasteiger charge is -2.39. The maximum atomic E-state index is 12.7. The molecular formula is C21H26N4O3. The third kappa shape index (κ3) is 3.61. The lowest BCUT2D eigenvalue weighted by atomic mass is 9.82. The third-order valence-corrected chi connectivity index (χ3v) is 5.81. The lowest BCUT2D eigenvalue weighted by Crippen LogP contribution is -2.62. The first kappa shape index (κ1) is 18.5. The summed E-state index contributed by atoms with van der Waals surface area (Å²) in [4.78, 5) is 41.7. The molecule has 148 valence electrons. The summed E-state index contributed by atoms with van der Waals surface area (Å²) in [5, 5.41) is 6.95. The molecule has 1 saturated heterocycles. The predicted molar refractivity (Wildman–Crippen MR) is 106 cm³/mol. The Morgan fingerprint density at radius 3 is 2.89 bits per heavy atom. The summed E-state index contributed by atoms with van der Waals surface area (Å²) in [5.74, 6) is -0.721. The molecule has 7 heteroatoms. The number of aromatic nitrogens is 1. The molecule has 2 fully saturated rings. The number of aromatic amines is 1. The Balaban J connectivity index is 1.35. The molecule has 28 heavy (non-hydrogen) atoms. The van der Waals surface area contributed by atoms with E-state index in [2.05, 4.69) is 15.6 Å². The molecule has 3 N–H and O–H groups in total. The monoisotopic (exact) mass is 382 g/mol. The van der Waals surface area contributed by atoms with Crippen molar-refractivity contribution in [3.8, 4) is 0 Å². The number of benzene rings is 1. The normalized spacial score (nSPS) is 23.2. The van der Waals surface area contributed by atoms with Crippen LogP contribution in [0.3, 0.4) is 0 Å². The minimum absolute atomic E-state index is 0.0751. The minimum Gasteiger partial charge on any atom is -0.361 e. The van der Waals surface area contributed by atoms with E-state index in [1.54, 1.807) is 0 Å². The van der Waals surface area contributed by atoms with Crippen molar-refractivity contribution in [3.05, 3.63) is 36.0 Å². The van der Waals surface area contributed by atoms with Crippen molar-refractivity contribution >= 4 is 28.7 Å². The van der Waals surface area contributed by atoms with Crippen LogP contribution < -0.4 is 10.6 Å². The number of urea groups is 1. The van der Waals surface area contributed by atoms with E-state index < -0.39 is 6.03 Å². The summed E-state index contributed by atoms with van der Waals surface area (Å²) in [5.41, 5.74) is 2.19. The summed E-state index contributed by atoms with van der Waals surface area (Å²) in [7, 11) is 0. The zero-order valence-electron chi connectivity index (χ0n) is 16.0. The van der Waals surface area contributed by atoms with Gasteiger partial charge in [-0.25, -0.2) is 4.79 Å². The third-order valence-electron chi connectivity index (χ3n) is 5.81. The van der Waals surface area contributed by atoms with Crippen molar-refractivity contribution in [1.29, 1.82) is 0 Å². The van der Waals surface area contributed by atoms with Gasteiger partial charge in [0, 0.05) is 29.2 Å². The van der Waals surface area contributed by atoms with Gasteiger partial charge in [0.2, 0.25) is 11.8 Å². The smallest absolute Gasteiger partial charge is 0.324 e. The van der Waals surface area contributed by atoms with E-state index in [-0.39, 0.29) is 36.4 Å². The van der Waals surface area contributed by atoms with E-state index in [1.165, 1.54) is 0 Å². The second-order valence-electron chi connectivity index (χ2n) is 7.90. The van der Waals surface area contributed by atoms with E-state index in [4.69, 9.17) is 0 Å². The van der Waals surface area contributed by atoms with Gasteiger partial charge in [-0.05, 0) is 37.8 Å². The fraction of sp³-hybridized carbons (Fsp3) is 0.476. The fourth-order valence-corrected chi connectivity index (χ4v) is 4.43. The van der Waals surface area contributed by atoms with Gasteiger partial charge in [-0.3, -0.25) is 14.5 Å². The second kappa shape index (κ2) is 7.66. The van der Waals surface area contributed by atoms with Crippen molar-refractivity contribution in [2.24, 2.45) is 5.92 Å². The first-order valence-electron chi connectivity index (χ1n) is 9.99. The number of carbonyl (C=O) groups excluding carboxylic acids is 3. The van der Waals surface area contributed by atoms with Crippen molar-refractivity contribution in [2.45, 2.75) is 51.1 Å². The number of nitrogens with zero attached hydrogens (tertiary/aromatic N) is 1. The fourth-order valence-electron chi connectivity index (χ4n) is 4.43. The molecule has 1 aromatic heterocycles. The van der Waals surface area contributed by atoms with Crippen LogP contribution in [0, 0.1) is 5.92 Å². The number of hydrogen-bond acceptors (Lipinski definition) is 3. The Bertz CT molecular complexity index is 906. The molecular weight excluding hydrogens is 356 g/mol. The summed E-state index contributed by atoms with van der Waals surface area (Å²) in [6.45, 7) is 1.70. The van der Waals surface area contributed by atoms with Crippen LogP contribution in [0.1, 0.15) is 38.2 Å². The predicted octanol–water partition coefficient (Wildman–Crippen LogP) is 2.33. The molecule has 1 aliphatic carbocycles. The van der Waals surface area contributed by atoms with Crippen molar-refractivity contribution < 1.29 is 14.4 Å². The van der Waals surface area contributed by atoms with Gasteiger partial charge < -0.3 is 15.6 Å². The molecule has 1 aromatic carbocycles. The quantitative estimate of drug-likeness (QED) is 0.741. The molecule has 0 bridgehead atoms. The highest BCUT2D eigenvalue weighted by Crippen LogP contribution is 2.29. The second-order valence-corrected chi connectivity index (χ2v) is 7.90. The van der Waals surface area contributed by atoms with Gasteiger partial charge in [0.15, 0.2) is 0 Å². The molecule has 3 unspecified atom stereocenters. The summed E-state index contributed by atoms with van der Waals surface area (Å²) < 4.78 is 0. The summed E-state index contributed by atoms with van der Waals surface area (Å²) >= 11 is 0. The first-order chi connectivity index (χ1) is 13.5. The van der Waals surface area contributed by atoms with Gasteiger partial charge in [-0.15, -0.1) is 0 Å². The van der Waals surface area contributed by atoms with Crippen LogP contribution in [-0.2, 0) is 16.0 Å². The molecule has 4 rings (SSSR count). The van der Waals surface area contributed by atoms with E-state index in [0.29, 0.717) is 6.42 Å². The number of rotatable bonds is 5. The average Bonchev–Trinajstić information content (AvgIpc) is 3.08. The van der Waals surface area contributed by atoms with Crippen LogP contribution in [0.25, 0.3) is 10.9 Å². The molecule has 7 nitrogen and oxygen atoms in total. The maximum absolute atomic E-state index is 12.7. The van der Waals surface area contributed by atoms with Gasteiger partial charge in [-0.2, -0.15) is 0 Å². The zero-order valence-corrected chi connectivity index (χ0v) is 16.0. The van der Waals surface area contributed by atoms with Crippen molar-refractivity contribution in [3.63, 3.8) is 0 Å². The van der Waals surface area contributed by atoms with Gasteiger partial charge >= 0.3 is 6.03 Å². The average molecular weight is 382 g/mol. The number of hydrogen-bond donors (Lipinski definition) is 3. The van der Waals surface area contributed by atoms with Crippen LogP contribution >= 0.6 is 0 Å². The molecule has 1 aliphatic heterocycles. The largest absolute Gasteiger partial charge is 0.361 e. The van der Waals surface area contributed by atoms with Gasteiger partial charge in [0.05, 0.1) is 5.92 Å². The maximum Gasteiger partial charge on any atom is 0.324 e. The number of carbonyl (C=O) groups is 3. The Hall–Kier alpha value is -2.83. The van der Waals surface area contributed by atoms with Crippen LogP contribution in [0.2, 0.25) is 0 Å².